The number of ether oxygens (including phenoxy) is 2. The fourth-order valence-electron chi connectivity index (χ4n) is 5.09. The first kappa shape index (κ1) is 38.0. The fourth-order valence-corrected chi connectivity index (χ4v) is 5.09. The highest BCUT2D eigenvalue weighted by Gasteiger charge is 2.44. The van der Waals surface area contributed by atoms with E-state index in [1.54, 1.807) is 6.08 Å². The monoisotopic (exact) mass is 587 g/mol. The SMILES string of the molecule is CCCCCCCCCCCCC/C=C/[C@@H](O)[C@H](CO[C@@H]1OC(CO)[C@H](O)C(O)C1O)NC(=O)CCCCCCC. The van der Waals surface area contributed by atoms with Crippen LogP contribution in [-0.4, -0.2) is 87.5 Å². The second-order valence-corrected chi connectivity index (χ2v) is 11.6. The van der Waals surface area contributed by atoms with E-state index in [1.807, 2.05) is 6.08 Å². The molecule has 0 aliphatic carbocycles. The van der Waals surface area contributed by atoms with E-state index in [1.165, 1.54) is 57.8 Å². The number of rotatable bonds is 25. The minimum Gasteiger partial charge on any atom is -0.394 e. The highest BCUT2D eigenvalue weighted by atomic mass is 16.7. The number of carbonyl (C=O) groups excluding carboxylic acids is 1. The summed E-state index contributed by atoms with van der Waals surface area (Å²) in [6, 6.07) is -0.793. The number of nitrogens with one attached hydrogen (secondary N) is 1. The zero-order valence-electron chi connectivity index (χ0n) is 25.8. The molecule has 9 nitrogen and oxygen atoms in total. The summed E-state index contributed by atoms with van der Waals surface area (Å²) < 4.78 is 11.0. The molecule has 0 spiro atoms. The minimum absolute atomic E-state index is 0.186. The van der Waals surface area contributed by atoms with Gasteiger partial charge in [0, 0.05) is 6.42 Å². The van der Waals surface area contributed by atoms with Crippen LogP contribution in [0, 0.1) is 0 Å². The van der Waals surface area contributed by atoms with Crippen molar-refractivity contribution in [1.29, 1.82) is 0 Å². The quantitative estimate of drug-likeness (QED) is 0.0685. The molecule has 1 saturated heterocycles. The molecule has 7 atom stereocenters. The number of amides is 1. The van der Waals surface area contributed by atoms with E-state index >= 15 is 0 Å². The topological polar surface area (TPSA) is 149 Å². The first-order chi connectivity index (χ1) is 19.8. The normalized spacial score (nSPS) is 24.5. The van der Waals surface area contributed by atoms with Crippen LogP contribution >= 0.6 is 0 Å². The van der Waals surface area contributed by atoms with Gasteiger partial charge >= 0.3 is 0 Å². The molecule has 0 bridgehead atoms. The Morgan fingerprint density at radius 3 is 1.90 bits per heavy atom. The number of hydrogen-bond acceptors (Lipinski definition) is 8. The highest BCUT2D eigenvalue weighted by Crippen LogP contribution is 2.22. The van der Waals surface area contributed by atoms with E-state index in [9.17, 15) is 30.3 Å². The Balaban J connectivity index is 2.50. The molecule has 1 rings (SSSR count). The Bertz CT molecular complexity index is 662. The van der Waals surface area contributed by atoms with Gasteiger partial charge in [0.15, 0.2) is 6.29 Å². The van der Waals surface area contributed by atoms with Gasteiger partial charge in [-0.25, -0.2) is 0 Å². The third-order valence-corrected chi connectivity index (χ3v) is 7.86. The fraction of sp³-hybridized carbons (Fsp3) is 0.906. The molecule has 6 N–H and O–H groups in total. The van der Waals surface area contributed by atoms with Crippen molar-refractivity contribution in [3.8, 4) is 0 Å². The number of hydrogen-bond donors (Lipinski definition) is 6. The van der Waals surface area contributed by atoms with Gasteiger partial charge in [0.25, 0.3) is 0 Å². The minimum atomic E-state index is -1.56. The van der Waals surface area contributed by atoms with E-state index < -0.39 is 49.5 Å². The molecular formula is C32H61NO8. The van der Waals surface area contributed by atoms with Crippen molar-refractivity contribution in [1.82, 2.24) is 5.32 Å². The maximum absolute atomic E-state index is 12.6. The van der Waals surface area contributed by atoms with Crippen LogP contribution in [0.4, 0.5) is 0 Å². The predicted octanol–water partition coefficient (Wildman–Crippen LogP) is 4.27. The Morgan fingerprint density at radius 2 is 1.34 bits per heavy atom. The van der Waals surface area contributed by atoms with Crippen molar-refractivity contribution in [2.75, 3.05) is 13.2 Å². The number of aliphatic hydroxyl groups excluding tert-OH is 5. The summed E-state index contributed by atoms with van der Waals surface area (Å²) >= 11 is 0. The van der Waals surface area contributed by atoms with Crippen LogP contribution in [0.5, 0.6) is 0 Å². The molecular weight excluding hydrogens is 526 g/mol. The molecule has 1 fully saturated rings. The van der Waals surface area contributed by atoms with Crippen LogP contribution in [0.25, 0.3) is 0 Å². The average Bonchev–Trinajstić information content (AvgIpc) is 2.97. The largest absolute Gasteiger partial charge is 0.394 e. The lowest BCUT2D eigenvalue weighted by atomic mass is 9.99. The first-order valence-electron chi connectivity index (χ1n) is 16.4. The van der Waals surface area contributed by atoms with E-state index in [4.69, 9.17) is 9.47 Å². The lowest BCUT2D eigenvalue weighted by Crippen LogP contribution is -2.60. The van der Waals surface area contributed by atoms with Crippen molar-refractivity contribution in [2.24, 2.45) is 0 Å². The summed E-state index contributed by atoms with van der Waals surface area (Å²) in [5.41, 5.74) is 0. The Labute approximate surface area is 248 Å². The third-order valence-electron chi connectivity index (χ3n) is 7.86. The van der Waals surface area contributed by atoms with Crippen molar-refractivity contribution >= 4 is 5.91 Å². The summed E-state index contributed by atoms with van der Waals surface area (Å²) in [6.45, 7) is 3.63. The number of carbonyl (C=O) groups is 1. The zero-order chi connectivity index (χ0) is 30.3. The van der Waals surface area contributed by atoms with Crippen LogP contribution < -0.4 is 5.32 Å². The van der Waals surface area contributed by atoms with Gasteiger partial charge in [-0.1, -0.05) is 116 Å². The van der Waals surface area contributed by atoms with Gasteiger partial charge in [-0.3, -0.25) is 4.79 Å². The van der Waals surface area contributed by atoms with Crippen LogP contribution in [-0.2, 0) is 14.3 Å². The van der Waals surface area contributed by atoms with E-state index in [0.29, 0.717) is 6.42 Å². The molecule has 0 saturated carbocycles. The molecule has 0 aromatic carbocycles. The molecule has 1 aliphatic heterocycles. The summed E-state index contributed by atoms with van der Waals surface area (Å²) in [6.07, 6.45) is 15.8. The molecule has 242 valence electrons. The Kier molecular flexibility index (Phi) is 22.6. The van der Waals surface area contributed by atoms with Gasteiger partial charge in [0.05, 0.1) is 25.4 Å². The molecule has 1 amide bonds. The molecule has 0 aromatic rings. The maximum atomic E-state index is 12.6. The Morgan fingerprint density at radius 1 is 0.805 bits per heavy atom. The summed E-state index contributed by atoms with van der Waals surface area (Å²) in [5.74, 6) is -0.193. The highest BCUT2D eigenvalue weighted by molar-refractivity contribution is 5.76. The van der Waals surface area contributed by atoms with Crippen LogP contribution in [0.3, 0.4) is 0 Å². The smallest absolute Gasteiger partial charge is 0.220 e. The second-order valence-electron chi connectivity index (χ2n) is 11.6. The summed E-state index contributed by atoms with van der Waals surface area (Å²) in [7, 11) is 0. The standard InChI is InChI=1S/C32H61NO8/c1-3-5-7-9-10-11-12-13-14-15-16-18-19-21-26(35)25(33-28(36)22-20-17-8-6-4-2)24-40-32-31(39)30(38)29(37)27(23-34)41-32/h19,21,25-27,29-32,34-35,37-39H,3-18,20,22-24H2,1-2H3,(H,33,36)/b21-19+/t25-,26+,27?,29-,30?,31?,32+/m0/s1. The van der Waals surface area contributed by atoms with Gasteiger partial charge in [-0.2, -0.15) is 0 Å². The third kappa shape index (κ3) is 17.0. The number of unbranched alkanes of at least 4 members (excludes halogenated alkanes) is 15. The van der Waals surface area contributed by atoms with Gasteiger partial charge < -0.3 is 40.3 Å². The van der Waals surface area contributed by atoms with Gasteiger partial charge in [-0.15, -0.1) is 0 Å². The van der Waals surface area contributed by atoms with Crippen LogP contribution in [0.2, 0.25) is 0 Å². The average molecular weight is 588 g/mol. The van der Waals surface area contributed by atoms with Gasteiger partial charge in [0.2, 0.25) is 5.91 Å². The Hall–Kier alpha value is -1.07. The predicted molar refractivity (Wildman–Crippen MR) is 161 cm³/mol. The molecule has 0 aromatic heterocycles. The summed E-state index contributed by atoms with van der Waals surface area (Å²) in [4.78, 5) is 12.6. The maximum Gasteiger partial charge on any atom is 0.220 e. The van der Waals surface area contributed by atoms with E-state index in [2.05, 4.69) is 19.2 Å². The van der Waals surface area contributed by atoms with E-state index in [-0.39, 0.29) is 12.5 Å². The molecule has 1 heterocycles. The first-order valence-corrected chi connectivity index (χ1v) is 16.4. The van der Waals surface area contributed by atoms with Crippen molar-refractivity contribution < 1.29 is 39.8 Å². The van der Waals surface area contributed by atoms with Crippen LogP contribution in [0.15, 0.2) is 12.2 Å². The molecule has 41 heavy (non-hydrogen) atoms. The summed E-state index contributed by atoms with van der Waals surface area (Å²) in [5, 5.41) is 53.4. The molecule has 9 heteroatoms. The number of allylic oxidation sites excluding steroid dienone is 1. The van der Waals surface area contributed by atoms with Crippen molar-refractivity contribution in [2.45, 2.75) is 172 Å². The number of aliphatic hydroxyl groups is 5. The molecule has 3 unspecified atom stereocenters. The van der Waals surface area contributed by atoms with E-state index in [0.717, 1.165) is 51.4 Å². The van der Waals surface area contributed by atoms with Crippen LogP contribution in [0.1, 0.15) is 129 Å². The van der Waals surface area contributed by atoms with Crippen molar-refractivity contribution in [3.05, 3.63) is 12.2 Å². The zero-order valence-corrected chi connectivity index (χ0v) is 25.8. The van der Waals surface area contributed by atoms with Gasteiger partial charge in [-0.05, 0) is 19.3 Å². The molecule has 1 aliphatic rings. The lowest BCUT2D eigenvalue weighted by molar-refractivity contribution is -0.302. The molecule has 0 radical (unpaired) electrons. The van der Waals surface area contributed by atoms with Crippen molar-refractivity contribution in [3.63, 3.8) is 0 Å². The van der Waals surface area contributed by atoms with Gasteiger partial charge in [0.1, 0.15) is 24.4 Å². The second kappa shape index (κ2) is 24.4. The lowest BCUT2D eigenvalue weighted by Gasteiger charge is -2.40.